The van der Waals surface area contributed by atoms with Crippen molar-refractivity contribution in [1.29, 1.82) is 0 Å². The Labute approximate surface area is 281 Å². The molecule has 5 aromatic carbocycles. The molecule has 0 spiro atoms. The van der Waals surface area contributed by atoms with Crippen molar-refractivity contribution < 1.29 is 29.3 Å². The zero-order valence-corrected chi connectivity index (χ0v) is 26.6. The van der Waals surface area contributed by atoms with Gasteiger partial charge in [-0.1, -0.05) is 109 Å². The van der Waals surface area contributed by atoms with E-state index in [1.165, 1.54) is 0 Å². The van der Waals surface area contributed by atoms with Gasteiger partial charge in [0.05, 0.1) is 36.4 Å². The van der Waals surface area contributed by atoms with Crippen LogP contribution in [-0.2, 0) is 26.1 Å². The summed E-state index contributed by atoms with van der Waals surface area (Å²) in [5, 5.41) is 25.7. The maximum atomic E-state index is 13.3. The van der Waals surface area contributed by atoms with Crippen molar-refractivity contribution in [2.75, 3.05) is 13.2 Å². The lowest BCUT2D eigenvalue weighted by atomic mass is 10.1. The minimum absolute atomic E-state index is 0.178. The lowest BCUT2D eigenvalue weighted by Crippen LogP contribution is -2.39. The molecular weight excluding hydrogens is 604 g/mol. The third kappa shape index (κ3) is 9.54. The lowest BCUT2D eigenvalue weighted by molar-refractivity contribution is 0.0904. The molecule has 8 heteroatoms. The van der Waals surface area contributed by atoms with E-state index in [9.17, 15) is 19.8 Å². The molecule has 0 saturated carbocycles. The Morgan fingerprint density at radius 1 is 0.500 bits per heavy atom. The van der Waals surface area contributed by atoms with Crippen LogP contribution in [0.3, 0.4) is 0 Å². The number of amides is 2. The minimum Gasteiger partial charge on any atom is -0.488 e. The van der Waals surface area contributed by atoms with Crippen molar-refractivity contribution in [1.82, 2.24) is 10.6 Å². The van der Waals surface area contributed by atoms with E-state index < -0.39 is 12.1 Å². The van der Waals surface area contributed by atoms with Crippen LogP contribution in [0.5, 0.6) is 11.5 Å². The first-order chi connectivity index (χ1) is 23.5. The molecule has 8 nitrogen and oxygen atoms in total. The number of rotatable bonds is 16. The predicted octanol–water partition coefficient (Wildman–Crippen LogP) is 5.51. The van der Waals surface area contributed by atoms with Crippen LogP contribution in [-0.4, -0.2) is 47.3 Å². The summed E-state index contributed by atoms with van der Waals surface area (Å²) in [6, 6.07) is 40.2. The van der Waals surface area contributed by atoms with Crippen molar-refractivity contribution in [3.63, 3.8) is 0 Å². The summed E-state index contributed by atoms with van der Waals surface area (Å²) in [6.07, 6.45) is 1.000. The smallest absolute Gasteiger partial charge is 0.255 e. The van der Waals surface area contributed by atoms with Gasteiger partial charge in [-0.15, -0.1) is 0 Å². The number of carbonyl (C=O) groups excluding carboxylic acids is 2. The Balaban J connectivity index is 1.22. The van der Waals surface area contributed by atoms with Gasteiger partial charge in [0.15, 0.2) is 0 Å². The molecule has 0 aromatic heterocycles. The van der Waals surface area contributed by atoms with Crippen LogP contribution in [0.2, 0.25) is 0 Å². The maximum Gasteiger partial charge on any atom is 0.255 e. The van der Waals surface area contributed by atoms with E-state index in [0.717, 1.165) is 22.3 Å². The Morgan fingerprint density at radius 3 is 1.25 bits per heavy atom. The van der Waals surface area contributed by atoms with Crippen LogP contribution < -0.4 is 20.1 Å². The molecule has 48 heavy (non-hydrogen) atoms. The average molecular weight is 645 g/mol. The number of carbonyl (C=O) groups is 2. The molecule has 0 aliphatic rings. The number of aliphatic hydroxyl groups excluding tert-OH is 2. The van der Waals surface area contributed by atoms with Gasteiger partial charge in [0, 0.05) is 0 Å². The largest absolute Gasteiger partial charge is 0.488 e. The third-order valence-corrected chi connectivity index (χ3v) is 7.91. The highest BCUT2D eigenvalue weighted by molar-refractivity contribution is 5.97. The van der Waals surface area contributed by atoms with Gasteiger partial charge in [-0.05, 0) is 59.4 Å². The molecule has 4 N–H and O–H groups in total. The van der Waals surface area contributed by atoms with Crippen LogP contribution in [0.15, 0.2) is 133 Å². The molecule has 0 bridgehead atoms. The lowest BCUT2D eigenvalue weighted by Gasteiger charge is -2.19. The summed E-state index contributed by atoms with van der Waals surface area (Å²) < 4.78 is 12.3. The molecule has 0 saturated heterocycles. The molecular formula is C40H40N2O6. The van der Waals surface area contributed by atoms with Crippen LogP contribution in [0.1, 0.15) is 43.0 Å². The van der Waals surface area contributed by atoms with Crippen LogP contribution >= 0.6 is 0 Å². The second kappa shape index (κ2) is 17.5. The van der Waals surface area contributed by atoms with Crippen LogP contribution in [0.25, 0.3) is 0 Å². The quantitative estimate of drug-likeness (QED) is 0.113. The van der Waals surface area contributed by atoms with E-state index in [4.69, 9.17) is 9.47 Å². The van der Waals surface area contributed by atoms with E-state index in [0.29, 0.717) is 35.5 Å². The van der Waals surface area contributed by atoms with Gasteiger partial charge >= 0.3 is 0 Å². The Bertz CT molecular complexity index is 1630. The second-order valence-electron chi connectivity index (χ2n) is 11.4. The fourth-order valence-corrected chi connectivity index (χ4v) is 5.36. The van der Waals surface area contributed by atoms with Crippen molar-refractivity contribution in [2.45, 2.75) is 38.1 Å². The number of para-hydroxylation sites is 2. The number of nitrogens with one attached hydrogen (secondary N) is 2. The summed E-state index contributed by atoms with van der Waals surface area (Å²) in [5.74, 6) is 0.162. The molecule has 0 aliphatic heterocycles. The Hall–Kier alpha value is -5.44. The summed E-state index contributed by atoms with van der Waals surface area (Å²) in [6.45, 7) is -0.0385. The van der Waals surface area contributed by atoms with Gasteiger partial charge in [-0.2, -0.15) is 0 Å². The first-order valence-electron chi connectivity index (χ1n) is 16.0. The Morgan fingerprint density at radius 2 is 0.854 bits per heavy atom. The number of benzene rings is 5. The fraction of sp³-hybridized carbons (Fsp3) is 0.200. The molecule has 5 rings (SSSR count). The average Bonchev–Trinajstić information content (AvgIpc) is 3.13. The van der Waals surface area contributed by atoms with Gasteiger partial charge < -0.3 is 30.3 Å². The van der Waals surface area contributed by atoms with Gasteiger partial charge in [0.1, 0.15) is 24.7 Å². The number of aliphatic hydroxyl groups is 2. The van der Waals surface area contributed by atoms with E-state index in [1.807, 2.05) is 84.9 Å². The summed E-state index contributed by atoms with van der Waals surface area (Å²) in [4.78, 5) is 26.5. The standard InChI is InChI=1S/C40H40N2O6/c43-25-33(23-29-13-3-1-4-14-29)41-39(45)35-19-9-11-21-37(35)47-27-31-17-7-8-18-32(31)28-48-38-22-12-10-20-36(38)40(46)42-34(26-44)24-30-15-5-2-6-16-30/h1-22,33-34,43-44H,23-28H2,(H,41,45)(H,42,46)/t33-,34-/m0/s1. The maximum absolute atomic E-state index is 13.3. The zero-order chi connectivity index (χ0) is 33.6. The molecule has 0 heterocycles. The van der Waals surface area contributed by atoms with E-state index in [2.05, 4.69) is 10.6 Å². The summed E-state index contributed by atoms with van der Waals surface area (Å²) in [7, 11) is 0. The fourth-order valence-electron chi connectivity index (χ4n) is 5.36. The minimum atomic E-state index is -0.450. The highest BCUT2D eigenvalue weighted by Gasteiger charge is 2.19. The van der Waals surface area contributed by atoms with Gasteiger partial charge in [-0.3, -0.25) is 9.59 Å². The van der Waals surface area contributed by atoms with E-state index >= 15 is 0 Å². The first-order valence-corrected chi connectivity index (χ1v) is 16.0. The monoisotopic (exact) mass is 644 g/mol. The molecule has 0 unspecified atom stereocenters. The summed E-state index contributed by atoms with van der Waals surface area (Å²) in [5.41, 5.74) is 4.48. The topological polar surface area (TPSA) is 117 Å². The number of ether oxygens (including phenoxy) is 2. The van der Waals surface area contributed by atoms with Crippen molar-refractivity contribution >= 4 is 11.8 Å². The van der Waals surface area contributed by atoms with Crippen molar-refractivity contribution in [2.24, 2.45) is 0 Å². The van der Waals surface area contributed by atoms with Crippen LogP contribution in [0.4, 0.5) is 0 Å². The molecule has 0 aliphatic carbocycles. The molecule has 0 fully saturated rings. The zero-order valence-electron chi connectivity index (χ0n) is 26.6. The molecule has 2 atom stereocenters. The first kappa shape index (κ1) is 33.9. The number of hydrogen-bond acceptors (Lipinski definition) is 6. The molecule has 0 radical (unpaired) electrons. The van der Waals surface area contributed by atoms with Gasteiger partial charge in [0.25, 0.3) is 11.8 Å². The third-order valence-electron chi connectivity index (χ3n) is 7.91. The second-order valence-corrected chi connectivity index (χ2v) is 11.4. The molecule has 5 aromatic rings. The van der Waals surface area contributed by atoms with Gasteiger partial charge in [-0.25, -0.2) is 0 Å². The van der Waals surface area contributed by atoms with Crippen molar-refractivity contribution in [3.05, 3.63) is 167 Å². The molecule has 246 valence electrons. The summed E-state index contributed by atoms with van der Waals surface area (Å²) >= 11 is 0. The van der Waals surface area contributed by atoms with Gasteiger partial charge in [0.2, 0.25) is 0 Å². The highest BCUT2D eigenvalue weighted by atomic mass is 16.5. The number of hydrogen-bond donors (Lipinski definition) is 4. The van der Waals surface area contributed by atoms with Crippen molar-refractivity contribution in [3.8, 4) is 11.5 Å². The molecule has 2 amide bonds. The Kier molecular flexibility index (Phi) is 12.3. The highest BCUT2D eigenvalue weighted by Crippen LogP contribution is 2.23. The normalized spacial score (nSPS) is 12.0. The van der Waals surface area contributed by atoms with Crippen LogP contribution in [0, 0.1) is 0 Å². The van der Waals surface area contributed by atoms with E-state index in [1.54, 1.807) is 48.5 Å². The SMILES string of the molecule is O=C(N[C@H](CO)Cc1ccccc1)c1ccccc1OCc1ccccc1COc1ccccc1C(=O)N[C@H](CO)Cc1ccccc1. The van der Waals surface area contributed by atoms with E-state index in [-0.39, 0.29) is 38.2 Å². The predicted molar refractivity (Wildman–Crippen MR) is 185 cm³/mol.